The summed E-state index contributed by atoms with van der Waals surface area (Å²) in [4.78, 5) is 41.8. The van der Waals surface area contributed by atoms with Crippen molar-refractivity contribution in [1.29, 1.82) is 0 Å². The topological polar surface area (TPSA) is 82.7 Å². The number of hydrogen-bond donors (Lipinski definition) is 1. The van der Waals surface area contributed by atoms with E-state index in [1.165, 1.54) is 0 Å². The standard InChI is InChI=1S/C16H15N3O4/c20-14-9-23-16(22)19(14)12-4-6-18(8-12)15(21)11-2-1-10-3-5-17-13(10)7-11/h1-3,5,7,12,17H,4,6,8-9H2. The maximum atomic E-state index is 12.6. The van der Waals surface area contributed by atoms with Gasteiger partial charge in [0, 0.05) is 30.4 Å². The molecule has 0 aliphatic carbocycles. The van der Waals surface area contributed by atoms with Gasteiger partial charge in [0.05, 0.1) is 6.04 Å². The second-order valence-corrected chi connectivity index (χ2v) is 5.79. The van der Waals surface area contributed by atoms with Crippen LogP contribution < -0.4 is 0 Å². The quantitative estimate of drug-likeness (QED) is 0.907. The van der Waals surface area contributed by atoms with E-state index in [0.717, 1.165) is 15.8 Å². The molecule has 3 amide bonds. The number of nitrogens with one attached hydrogen (secondary N) is 1. The van der Waals surface area contributed by atoms with Crippen molar-refractivity contribution in [3.8, 4) is 0 Å². The molecule has 2 fully saturated rings. The van der Waals surface area contributed by atoms with Crippen LogP contribution in [0, 0.1) is 0 Å². The number of ether oxygens (including phenoxy) is 1. The van der Waals surface area contributed by atoms with Crippen LogP contribution >= 0.6 is 0 Å². The van der Waals surface area contributed by atoms with E-state index in [4.69, 9.17) is 4.74 Å². The van der Waals surface area contributed by atoms with Crippen LogP contribution in [0.3, 0.4) is 0 Å². The highest BCUT2D eigenvalue weighted by Crippen LogP contribution is 2.22. The van der Waals surface area contributed by atoms with E-state index in [9.17, 15) is 14.4 Å². The number of amides is 3. The highest BCUT2D eigenvalue weighted by molar-refractivity contribution is 5.99. The van der Waals surface area contributed by atoms with Crippen molar-refractivity contribution in [2.75, 3.05) is 19.7 Å². The van der Waals surface area contributed by atoms with Gasteiger partial charge in [-0.25, -0.2) is 9.69 Å². The summed E-state index contributed by atoms with van der Waals surface area (Å²) in [6.45, 7) is 0.665. The van der Waals surface area contributed by atoms with E-state index in [0.29, 0.717) is 25.1 Å². The number of benzene rings is 1. The first-order chi connectivity index (χ1) is 11.1. The lowest BCUT2D eigenvalue weighted by Gasteiger charge is -2.20. The van der Waals surface area contributed by atoms with Crippen molar-refractivity contribution in [2.24, 2.45) is 0 Å². The van der Waals surface area contributed by atoms with Gasteiger partial charge >= 0.3 is 6.09 Å². The molecule has 0 saturated carbocycles. The zero-order valence-electron chi connectivity index (χ0n) is 12.3. The molecule has 2 aromatic rings. The summed E-state index contributed by atoms with van der Waals surface area (Å²) in [6.07, 6.45) is 1.80. The van der Waals surface area contributed by atoms with E-state index in [-0.39, 0.29) is 24.5 Å². The Kier molecular flexibility index (Phi) is 3.07. The second-order valence-electron chi connectivity index (χ2n) is 5.79. The fraction of sp³-hybridized carbons (Fsp3) is 0.312. The second kappa shape index (κ2) is 5.12. The SMILES string of the molecule is O=C(c1ccc2cc[nH]c2c1)N1CCC(N2C(=O)COC2=O)C1. The number of rotatable bonds is 2. The number of likely N-dealkylation sites (tertiary alicyclic amines) is 1. The number of imide groups is 1. The minimum atomic E-state index is -0.609. The van der Waals surface area contributed by atoms with Crippen molar-refractivity contribution >= 4 is 28.8 Å². The molecule has 0 bridgehead atoms. The van der Waals surface area contributed by atoms with Crippen LogP contribution in [0.1, 0.15) is 16.8 Å². The molecule has 2 saturated heterocycles. The van der Waals surface area contributed by atoms with Crippen LogP contribution in [-0.2, 0) is 9.53 Å². The van der Waals surface area contributed by atoms with Gasteiger partial charge in [-0.05, 0) is 30.0 Å². The summed E-state index contributed by atoms with van der Waals surface area (Å²) in [5.41, 5.74) is 1.50. The highest BCUT2D eigenvalue weighted by Gasteiger charge is 2.41. The van der Waals surface area contributed by atoms with Crippen molar-refractivity contribution in [1.82, 2.24) is 14.8 Å². The molecule has 7 heteroatoms. The lowest BCUT2D eigenvalue weighted by Crippen LogP contribution is -2.42. The molecule has 7 nitrogen and oxygen atoms in total. The van der Waals surface area contributed by atoms with Crippen molar-refractivity contribution in [2.45, 2.75) is 12.5 Å². The van der Waals surface area contributed by atoms with Crippen LogP contribution in [-0.4, -0.2) is 58.4 Å². The van der Waals surface area contributed by atoms with Crippen molar-refractivity contribution < 1.29 is 19.1 Å². The zero-order valence-corrected chi connectivity index (χ0v) is 12.3. The number of carbonyl (C=O) groups excluding carboxylic acids is 3. The number of aromatic amines is 1. The molecule has 1 N–H and O–H groups in total. The third-order valence-corrected chi connectivity index (χ3v) is 4.40. The molecule has 23 heavy (non-hydrogen) atoms. The molecule has 1 aromatic carbocycles. The highest BCUT2D eigenvalue weighted by atomic mass is 16.6. The molecule has 1 atom stereocenters. The predicted octanol–water partition coefficient (Wildman–Crippen LogP) is 1.36. The average molecular weight is 313 g/mol. The normalized spacial score (nSPS) is 21.3. The van der Waals surface area contributed by atoms with E-state index in [2.05, 4.69) is 4.98 Å². The van der Waals surface area contributed by atoms with Gasteiger partial charge in [-0.2, -0.15) is 0 Å². The molecule has 4 rings (SSSR count). The Morgan fingerprint density at radius 1 is 1.26 bits per heavy atom. The van der Waals surface area contributed by atoms with E-state index < -0.39 is 6.09 Å². The van der Waals surface area contributed by atoms with Crippen molar-refractivity contribution in [3.05, 3.63) is 36.0 Å². The number of carbonyl (C=O) groups is 3. The fourth-order valence-corrected chi connectivity index (χ4v) is 3.22. The first-order valence-electron chi connectivity index (χ1n) is 7.49. The summed E-state index contributed by atoms with van der Waals surface area (Å²) >= 11 is 0. The Morgan fingerprint density at radius 2 is 2.13 bits per heavy atom. The Morgan fingerprint density at radius 3 is 2.91 bits per heavy atom. The van der Waals surface area contributed by atoms with Crippen LogP contribution in [0.5, 0.6) is 0 Å². The lowest BCUT2D eigenvalue weighted by atomic mass is 10.1. The van der Waals surface area contributed by atoms with Gasteiger partial charge in [0.25, 0.3) is 11.8 Å². The molecule has 118 valence electrons. The van der Waals surface area contributed by atoms with Crippen LogP contribution in [0.4, 0.5) is 4.79 Å². The summed E-state index contributed by atoms with van der Waals surface area (Å²) in [6, 6.07) is 7.16. The number of nitrogens with zero attached hydrogens (tertiary/aromatic N) is 2. The van der Waals surface area contributed by atoms with E-state index in [1.807, 2.05) is 24.4 Å². The van der Waals surface area contributed by atoms with Gasteiger partial charge in [-0.1, -0.05) is 6.07 Å². The molecular formula is C16H15N3O4. The van der Waals surface area contributed by atoms with Gasteiger partial charge in [-0.3, -0.25) is 9.59 Å². The molecule has 1 unspecified atom stereocenters. The summed E-state index contributed by atoms with van der Waals surface area (Å²) in [5.74, 6) is -0.425. The number of aromatic nitrogens is 1. The van der Waals surface area contributed by atoms with Gasteiger partial charge in [0.15, 0.2) is 6.61 Å². The number of H-pyrrole nitrogens is 1. The Hall–Kier alpha value is -2.83. The van der Waals surface area contributed by atoms with E-state index >= 15 is 0 Å². The maximum absolute atomic E-state index is 12.6. The molecule has 0 spiro atoms. The first-order valence-corrected chi connectivity index (χ1v) is 7.49. The molecule has 3 heterocycles. The Bertz CT molecular complexity index is 797. The Labute approximate surface area is 131 Å². The monoisotopic (exact) mass is 313 g/mol. The third-order valence-electron chi connectivity index (χ3n) is 4.40. The molecule has 1 aromatic heterocycles. The number of fused-ring (bicyclic) bond motifs is 1. The minimum absolute atomic E-state index is 0.0935. The first kappa shape index (κ1) is 13.8. The van der Waals surface area contributed by atoms with Gasteiger partial charge < -0.3 is 14.6 Å². The number of hydrogen-bond acceptors (Lipinski definition) is 4. The van der Waals surface area contributed by atoms with Gasteiger partial charge in [-0.15, -0.1) is 0 Å². The van der Waals surface area contributed by atoms with Gasteiger partial charge in [0.1, 0.15) is 0 Å². The van der Waals surface area contributed by atoms with Crippen LogP contribution in [0.15, 0.2) is 30.5 Å². The fourth-order valence-electron chi connectivity index (χ4n) is 3.22. The predicted molar refractivity (Wildman–Crippen MR) is 80.8 cm³/mol. The molecular weight excluding hydrogens is 298 g/mol. The average Bonchev–Trinajstić information content (AvgIpc) is 3.26. The lowest BCUT2D eigenvalue weighted by molar-refractivity contribution is -0.127. The number of cyclic esters (lactones) is 1. The molecule has 0 radical (unpaired) electrons. The summed E-state index contributed by atoms with van der Waals surface area (Å²) in [7, 11) is 0. The largest absolute Gasteiger partial charge is 0.439 e. The molecule has 2 aliphatic rings. The minimum Gasteiger partial charge on any atom is -0.439 e. The van der Waals surface area contributed by atoms with Crippen molar-refractivity contribution in [3.63, 3.8) is 0 Å². The smallest absolute Gasteiger partial charge is 0.417 e. The van der Waals surface area contributed by atoms with Crippen LogP contribution in [0.2, 0.25) is 0 Å². The summed E-state index contributed by atoms with van der Waals surface area (Å²) in [5, 5.41) is 1.05. The van der Waals surface area contributed by atoms with Crippen LogP contribution in [0.25, 0.3) is 10.9 Å². The zero-order chi connectivity index (χ0) is 16.0. The van der Waals surface area contributed by atoms with Gasteiger partial charge in [0.2, 0.25) is 0 Å². The van der Waals surface area contributed by atoms with E-state index in [1.54, 1.807) is 11.0 Å². The molecule has 2 aliphatic heterocycles. The Balaban J connectivity index is 1.51. The third kappa shape index (κ3) is 2.25. The summed E-state index contributed by atoms with van der Waals surface area (Å²) < 4.78 is 4.74. The maximum Gasteiger partial charge on any atom is 0.417 e.